The second-order valence-electron chi connectivity index (χ2n) is 2.80. The zero-order valence-corrected chi connectivity index (χ0v) is 7.79. The minimum Gasteiger partial charge on any atom is -0.463 e. The smallest absolute Gasteiger partial charge is 0.457 e. The molecule has 0 amide bonds. The molecule has 0 bridgehead atoms. The van der Waals surface area contributed by atoms with Gasteiger partial charge in [-0.3, -0.25) is 0 Å². The number of rotatable bonds is 3. The van der Waals surface area contributed by atoms with Crippen LogP contribution in [0.2, 0.25) is 0 Å². The topological polar surface area (TPSA) is 26.3 Å². The van der Waals surface area contributed by atoms with Crippen LogP contribution in [-0.4, -0.2) is 30.3 Å². The van der Waals surface area contributed by atoms with Crippen molar-refractivity contribution in [1.82, 2.24) is 0 Å². The zero-order valence-electron chi connectivity index (χ0n) is 7.79. The molecule has 0 N–H and O–H groups in total. The molecule has 8 heteroatoms. The van der Waals surface area contributed by atoms with Crippen molar-refractivity contribution in [2.75, 3.05) is 6.61 Å². The predicted molar refractivity (Wildman–Crippen MR) is 37.1 cm³/mol. The van der Waals surface area contributed by atoms with Crippen LogP contribution < -0.4 is 0 Å². The van der Waals surface area contributed by atoms with E-state index in [1.54, 1.807) is 0 Å². The molecule has 0 aromatic rings. The lowest BCUT2D eigenvalue weighted by Crippen LogP contribution is -2.57. The highest BCUT2D eigenvalue weighted by Crippen LogP contribution is 2.45. The van der Waals surface area contributed by atoms with Crippen LogP contribution in [0, 0.1) is 0 Å². The number of hydrogen-bond acceptors (Lipinski definition) is 2. The van der Waals surface area contributed by atoms with Crippen molar-refractivity contribution in [3.8, 4) is 0 Å². The molecule has 0 fully saturated rings. The van der Waals surface area contributed by atoms with Gasteiger partial charge in [0.15, 0.2) is 0 Å². The van der Waals surface area contributed by atoms with Crippen LogP contribution in [0.15, 0.2) is 0 Å². The monoisotopic (exact) mass is 238 g/mol. The largest absolute Gasteiger partial charge is 0.463 e. The zero-order chi connectivity index (χ0) is 12.5. The molecule has 2 nitrogen and oxygen atoms in total. The molecule has 0 heterocycles. The van der Waals surface area contributed by atoms with Crippen molar-refractivity contribution in [1.29, 1.82) is 0 Å². The van der Waals surface area contributed by atoms with E-state index in [2.05, 4.69) is 4.74 Å². The van der Waals surface area contributed by atoms with Crippen LogP contribution >= 0.6 is 0 Å². The first-order chi connectivity index (χ1) is 6.48. The van der Waals surface area contributed by atoms with Gasteiger partial charge in [-0.05, 0) is 13.8 Å². The molecule has 0 aromatic heterocycles. The first kappa shape index (κ1) is 14.0. The summed E-state index contributed by atoms with van der Waals surface area (Å²) in [5.74, 6) is -8.03. The Hall–Kier alpha value is -0.950. The van der Waals surface area contributed by atoms with E-state index in [-0.39, 0.29) is 6.92 Å². The number of esters is 1. The minimum absolute atomic E-state index is 0.168. The Kier molecular flexibility index (Phi) is 3.65. The van der Waals surface area contributed by atoms with Gasteiger partial charge in [0.2, 0.25) is 0 Å². The standard InChI is InChI=1S/C7H8F6O2/c1-3-15-4(14)5(2,8)6(9,10)7(11,12)13/h3H2,1-2H3. The number of carbonyl (C=O) groups is 1. The number of hydrogen-bond donors (Lipinski definition) is 0. The Morgan fingerprint density at radius 1 is 1.13 bits per heavy atom. The highest BCUT2D eigenvalue weighted by atomic mass is 19.4. The summed E-state index contributed by atoms with van der Waals surface area (Å²) in [6.45, 7) is 0.491. The van der Waals surface area contributed by atoms with E-state index in [4.69, 9.17) is 0 Å². The SMILES string of the molecule is CCOC(=O)C(C)(F)C(F)(F)C(F)(F)F. The first-order valence-corrected chi connectivity index (χ1v) is 3.79. The van der Waals surface area contributed by atoms with Crippen molar-refractivity contribution < 1.29 is 35.9 Å². The number of ether oxygens (including phenoxy) is 1. The second-order valence-corrected chi connectivity index (χ2v) is 2.80. The molecule has 90 valence electrons. The Morgan fingerprint density at radius 2 is 1.53 bits per heavy atom. The average Bonchev–Trinajstić information content (AvgIpc) is 2.02. The van der Waals surface area contributed by atoms with Gasteiger partial charge in [0.25, 0.3) is 5.67 Å². The van der Waals surface area contributed by atoms with Crippen molar-refractivity contribution in [3.63, 3.8) is 0 Å². The van der Waals surface area contributed by atoms with Gasteiger partial charge in [0.1, 0.15) is 0 Å². The van der Waals surface area contributed by atoms with Crippen molar-refractivity contribution in [2.45, 2.75) is 31.6 Å². The van der Waals surface area contributed by atoms with Crippen molar-refractivity contribution in [2.24, 2.45) is 0 Å². The lowest BCUT2D eigenvalue weighted by molar-refractivity contribution is -0.321. The molecule has 0 aliphatic carbocycles. The Bertz CT molecular complexity index is 244. The van der Waals surface area contributed by atoms with Crippen molar-refractivity contribution in [3.05, 3.63) is 0 Å². The van der Waals surface area contributed by atoms with Gasteiger partial charge < -0.3 is 4.74 Å². The quantitative estimate of drug-likeness (QED) is 0.557. The Morgan fingerprint density at radius 3 is 1.80 bits per heavy atom. The maximum absolute atomic E-state index is 13.0. The maximum Gasteiger partial charge on any atom is 0.457 e. The molecule has 0 spiro atoms. The summed E-state index contributed by atoms with van der Waals surface area (Å²) < 4.78 is 77.0. The van der Waals surface area contributed by atoms with Gasteiger partial charge in [-0.25, -0.2) is 9.18 Å². The third-order valence-electron chi connectivity index (χ3n) is 1.60. The summed E-state index contributed by atoms with van der Waals surface area (Å²) in [5, 5.41) is 0. The third-order valence-corrected chi connectivity index (χ3v) is 1.60. The Balaban J connectivity index is 5.10. The molecule has 0 radical (unpaired) electrons. The summed E-state index contributed by atoms with van der Waals surface area (Å²) in [5.41, 5.74) is -4.43. The van der Waals surface area contributed by atoms with E-state index < -0.39 is 30.3 Å². The second kappa shape index (κ2) is 3.90. The van der Waals surface area contributed by atoms with Crippen LogP contribution in [0.25, 0.3) is 0 Å². The maximum atomic E-state index is 13.0. The highest BCUT2D eigenvalue weighted by Gasteiger charge is 2.73. The van der Waals surface area contributed by atoms with E-state index in [0.29, 0.717) is 0 Å². The number of carbonyl (C=O) groups excluding carboxylic acids is 1. The molecule has 0 aromatic carbocycles. The molecular weight excluding hydrogens is 230 g/mol. The molecule has 0 aliphatic heterocycles. The van der Waals surface area contributed by atoms with Gasteiger partial charge in [-0.1, -0.05) is 0 Å². The fraction of sp³-hybridized carbons (Fsp3) is 0.857. The normalized spacial score (nSPS) is 17.1. The lowest BCUT2D eigenvalue weighted by Gasteiger charge is -2.29. The molecule has 0 saturated heterocycles. The van der Waals surface area contributed by atoms with Gasteiger partial charge in [0, 0.05) is 0 Å². The molecule has 0 rings (SSSR count). The summed E-state index contributed by atoms with van der Waals surface area (Å²) in [6.07, 6.45) is -6.15. The van der Waals surface area contributed by atoms with Gasteiger partial charge in [-0.15, -0.1) is 0 Å². The first-order valence-electron chi connectivity index (χ1n) is 3.79. The van der Waals surface area contributed by atoms with Crippen molar-refractivity contribution >= 4 is 5.97 Å². The lowest BCUT2D eigenvalue weighted by atomic mass is 10.00. The molecule has 0 aliphatic rings. The fourth-order valence-corrected chi connectivity index (χ4v) is 0.661. The number of alkyl halides is 6. The molecule has 1 unspecified atom stereocenters. The van der Waals surface area contributed by atoms with E-state index in [0.717, 1.165) is 6.92 Å². The molecule has 15 heavy (non-hydrogen) atoms. The summed E-state index contributed by atoms with van der Waals surface area (Å²) >= 11 is 0. The van der Waals surface area contributed by atoms with Crippen LogP contribution in [-0.2, 0) is 9.53 Å². The third kappa shape index (κ3) is 2.35. The summed E-state index contributed by atoms with van der Waals surface area (Å²) in [6, 6.07) is 0. The minimum atomic E-state index is -6.15. The van der Waals surface area contributed by atoms with E-state index >= 15 is 0 Å². The average molecular weight is 238 g/mol. The molecule has 0 saturated carbocycles. The van der Waals surface area contributed by atoms with Crippen LogP contribution in [0.4, 0.5) is 26.3 Å². The van der Waals surface area contributed by atoms with Crippen LogP contribution in [0.1, 0.15) is 13.8 Å². The van der Waals surface area contributed by atoms with Gasteiger partial charge in [0.05, 0.1) is 6.61 Å². The van der Waals surface area contributed by atoms with Crippen LogP contribution in [0.5, 0.6) is 0 Å². The van der Waals surface area contributed by atoms with Gasteiger partial charge in [-0.2, -0.15) is 22.0 Å². The van der Waals surface area contributed by atoms with Gasteiger partial charge >= 0.3 is 18.1 Å². The number of halogens is 6. The molecule has 1 atom stereocenters. The van der Waals surface area contributed by atoms with E-state index in [9.17, 15) is 31.1 Å². The van der Waals surface area contributed by atoms with E-state index in [1.807, 2.05) is 0 Å². The highest BCUT2D eigenvalue weighted by molar-refractivity contribution is 5.80. The summed E-state index contributed by atoms with van der Waals surface area (Å²) in [4.78, 5) is 10.6. The fourth-order valence-electron chi connectivity index (χ4n) is 0.661. The van der Waals surface area contributed by atoms with E-state index in [1.165, 1.54) is 0 Å². The Labute approximate surface area is 81.2 Å². The predicted octanol–water partition coefficient (Wildman–Crippen LogP) is 2.48. The van der Waals surface area contributed by atoms with Crippen LogP contribution in [0.3, 0.4) is 0 Å². The summed E-state index contributed by atoms with van der Waals surface area (Å²) in [7, 11) is 0. The molecular formula is C7H8F6O2.